The summed E-state index contributed by atoms with van der Waals surface area (Å²) >= 11 is 6.10. The van der Waals surface area contributed by atoms with Gasteiger partial charge in [-0.25, -0.2) is 4.79 Å². The molecule has 96 valence electrons. The summed E-state index contributed by atoms with van der Waals surface area (Å²) in [7, 11) is 0. The van der Waals surface area contributed by atoms with E-state index in [0.29, 0.717) is 23.7 Å². The van der Waals surface area contributed by atoms with Crippen molar-refractivity contribution in [1.82, 2.24) is 0 Å². The minimum absolute atomic E-state index is 0.292. The van der Waals surface area contributed by atoms with E-state index in [-0.39, 0.29) is 5.91 Å². The Bertz CT molecular complexity index is 504. The molecule has 18 heavy (non-hydrogen) atoms. The summed E-state index contributed by atoms with van der Waals surface area (Å²) in [6.45, 7) is 2.38. The third kappa shape index (κ3) is 2.41. The van der Waals surface area contributed by atoms with Crippen molar-refractivity contribution in [3.05, 3.63) is 28.8 Å². The highest BCUT2D eigenvalue weighted by Gasteiger charge is 2.35. The van der Waals surface area contributed by atoms with Gasteiger partial charge in [-0.15, -0.1) is 0 Å². The molecule has 1 atom stereocenters. The van der Waals surface area contributed by atoms with E-state index >= 15 is 0 Å². The molecular weight excluding hydrogens is 256 g/mol. The van der Waals surface area contributed by atoms with Gasteiger partial charge in [-0.2, -0.15) is 0 Å². The highest BCUT2D eigenvalue weighted by Crippen LogP contribution is 2.30. The lowest BCUT2D eigenvalue weighted by Crippen LogP contribution is -2.33. The summed E-state index contributed by atoms with van der Waals surface area (Å²) in [5.41, 5.74) is 6.55. The van der Waals surface area contributed by atoms with Gasteiger partial charge in [0.05, 0.1) is 10.7 Å². The van der Waals surface area contributed by atoms with Crippen LogP contribution in [0.4, 0.5) is 10.5 Å². The van der Waals surface area contributed by atoms with Gasteiger partial charge >= 0.3 is 6.09 Å². The van der Waals surface area contributed by atoms with Crippen molar-refractivity contribution in [2.24, 2.45) is 5.73 Å². The fourth-order valence-electron chi connectivity index (χ4n) is 1.97. The molecule has 1 saturated heterocycles. The number of aryl methyl sites for hydroxylation is 1. The van der Waals surface area contributed by atoms with Crippen molar-refractivity contribution in [2.75, 3.05) is 11.4 Å². The number of ether oxygens (including phenoxy) is 1. The molecule has 0 bridgehead atoms. The van der Waals surface area contributed by atoms with Crippen LogP contribution >= 0.6 is 11.6 Å². The van der Waals surface area contributed by atoms with Crippen LogP contribution in [-0.4, -0.2) is 24.6 Å². The number of rotatable bonds is 2. The summed E-state index contributed by atoms with van der Waals surface area (Å²) in [6.07, 6.45) is -1.32. The van der Waals surface area contributed by atoms with Crippen LogP contribution in [0, 0.1) is 6.92 Å². The van der Waals surface area contributed by atoms with E-state index in [1.807, 2.05) is 13.0 Å². The van der Waals surface area contributed by atoms with Crippen LogP contribution in [0.1, 0.15) is 12.0 Å². The maximum Gasteiger partial charge on any atom is 0.405 e. The Morgan fingerprint density at radius 2 is 2.28 bits per heavy atom. The monoisotopic (exact) mass is 268 g/mol. The van der Waals surface area contributed by atoms with Gasteiger partial charge < -0.3 is 15.4 Å². The first kappa shape index (κ1) is 12.7. The summed E-state index contributed by atoms with van der Waals surface area (Å²) in [5.74, 6) is -0.292. The number of hydrogen-bond donors (Lipinski definition) is 1. The van der Waals surface area contributed by atoms with Crippen molar-refractivity contribution < 1.29 is 14.3 Å². The second-order valence-corrected chi connectivity index (χ2v) is 4.57. The van der Waals surface area contributed by atoms with Gasteiger partial charge in [-0.3, -0.25) is 4.79 Å². The molecule has 1 aromatic carbocycles. The van der Waals surface area contributed by atoms with Crippen molar-refractivity contribution in [3.63, 3.8) is 0 Å². The number of hydrogen-bond acceptors (Lipinski definition) is 3. The first-order valence-corrected chi connectivity index (χ1v) is 5.90. The second kappa shape index (κ2) is 4.86. The molecule has 1 aliphatic rings. The van der Waals surface area contributed by atoms with Gasteiger partial charge in [0, 0.05) is 13.0 Å². The van der Waals surface area contributed by atoms with Gasteiger partial charge in [-0.1, -0.05) is 17.7 Å². The van der Waals surface area contributed by atoms with Crippen molar-refractivity contribution >= 4 is 29.3 Å². The van der Waals surface area contributed by atoms with Crippen LogP contribution in [-0.2, 0) is 9.53 Å². The standard InChI is InChI=1S/C12H13ClN2O3/c1-7-2-3-9(8(13)6-7)15-5-4-10(11(15)16)18-12(14)17/h2-3,6,10H,4-5H2,1H3,(H2,14,17). The van der Waals surface area contributed by atoms with Crippen LogP contribution in [0.15, 0.2) is 18.2 Å². The molecule has 6 heteroatoms. The predicted molar refractivity (Wildman–Crippen MR) is 67.6 cm³/mol. The number of nitrogens with two attached hydrogens (primary N) is 1. The van der Waals surface area contributed by atoms with E-state index < -0.39 is 12.2 Å². The van der Waals surface area contributed by atoms with Crippen LogP contribution < -0.4 is 10.6 Å². The molecule has 0 aliphatic carbocycles. The van der Waals surface area contributed by atoms with Crippen molar-refractivity contribution in [2.45, 2.75) is 19.4 Å². The molecular formula is C12H13ClN2O3. The molecule has 5 nitrogen and oxygen atoms in total. The normalized spacial score (nSPS) is 19.1. The lowest BCUT2D eigenvalue weighted by molar-refractivity contribution is -0.124. The Balaban J connectivity index is 2.20. The topological polar surface area (TPSA) is 72.6 Å². The molecule has 0 aromatic heterocycles. The minimum atomic E-state index is -0.940. The maximum atomic E-state index is 12.0. The molecule has 0 spiro atoms. The van der Waals surface area contributed by atoms with E-state index in [0.717, 1.165) is 5.56 Å². The Morgan fingerprint density at radius 1 is 1.56 bits per heavy atom. The number of halogens is 1. The zero-order valence-electron chi connectivity index (χ0n) is 9.85. The lowest BCUT2D eigenvalue weighted by Gasteiger charge is -2.18. The third-order valence-corrected chi connectivity index (χ3v) is 3.11. The first-order valence-electron chi connectivity index (χ1n) is 5.52. The summed E-state index contributed by atoms with van der Waals surface area (Å²) in [6, 6.07) is 5.44. The molecule has 0 saturated carbocycles. The summed E-state index contributed by atoms with van der Waals surface area (Å²) in [4.78, 5) is 24.2. The third-order valence-electron chi connectivity index (χ3n) is 2.81. The molecule has 1 unspecified atom stereocenters. The number of carbonyl (C=O) groups is 2. The molecule has 2 amide bonds. The fourth-order valence-corrected chi connectivity index (χ4v) is 2.31. The molecule has 1 fully saturated rings. The first-order chi connectivity index (χ1) is 8.49. The molecule has 2 rings (SSSR count). The minimum Gasteiger partial charge on any atom is -0.436 e. The summed E-state index contributed by atoms with van der Waals surface area (Å²) < 4.78 is 4.74. The fraction of sp³-hybridized carbons (Fsp3) is 0.333. The Hall–Kier alpha value is -1.75. The van der Waals surface area contributed by atoms with E-state index in [1.165, 1.54) is 4.90 Å². The maximum absolute atomic E-state index is 12.0. The van der Waals surface area contributed by atoms with Crippen LogP contribution in [0.3, 0.4) is 0 Å². The van der Waals surface area contributed by atoms with Crippen molar-refractivity contribution in [1.29, 1.82) is 0 Å². The highest BCUT2D eigenvalue weighted by molar-refractivity contribution is 6.34. The Morgan fingerprint density at radius 3 is 2.89 bits per heavy atom. The van der Waals surface area contributed by atoms with Crippen molar-refractivity contribution in [3.8, 4) is 0 Å². The predicted octanol–water partition coefficient (Wildman–Crippen LogP) is 1.85. The number of anilines is 1. The quantitative estimate of drug-likeness (QED) is 0.890. The second-order valence-electron chi connectivity index (χ2n) is 4.16. The number of benzene rings is 1. The number of amides is 2. The number of primary amides is 1. The van der Waals surface area contributed by atoms with Crippen LogP contribution in [0.5, 0.6) is 0 Å². The van der Waals surface area contributed by atoms with E-state index in [1.54, 1.807) is 12.1 Å². The Labute approximate surface area is 109 Å². The number of carbonyl (C=O) groups excluding carboxylic acids is 2. The smallest absolute Gasteiger partial charge is 0.405 e. The molecule has 1 aliphatic heterocycles. The zero-order valence-corrected chi connectivity index (χ0v) is 10.6. The number of nitrogens with zero attached hydrogens (tertiary/aromatic N) is 1. The Kier molecular flexibility index (Phi) is 3.43. The molecule has 2 N–H and O–H groups in total. The van der Waals surface area contributed by atoms with Crippen LogP contribution in [0.2, 0.25) is 5.02 Å². The SMILES string of the molecule is Cc1ccc(N2CCC(OC(N)=O)C2=O)c(Cl)c1. The molecule has 1 aromatic rings. The van der Waals surface area contributed by atoms with Gasteiger partial charge in [0.15, 0.2) is 6.10 Å². The van der Waals surface area contributed by atoms with E-state index in [2.05, 4.69) is 0 Å². The van der Waals surface area contributed by atoms with Gasteiger partial charge in [0.25, 0.3) is 5.91 Å². The molecule has 1 heterocycles. The average Bonchev–Trinajstić information content (AvgIpc) is 2.60. The van der Waals surface area contributed by atoms with E-state index in [9.17, 15) is 9.59 Å². The van der Waals surface area contributed by atoms with E-state index in [4.69, 9.17) is 22.1 Å². The van der Waals surface area contributed by atoms with Crippen LogP contribution in [0.25, 0.3) is 0 Å². The van der Waals surface area contributed by atoms with Gasteiger partial charge in [-0.05, 0) is 24.6 Å². The lowest BCUT2D eigenvalue weighted by atomic mass is 10.2. The van der Waals surface area contributed by atoms with Gasteiger partial charge in [0.2, 0.25) is 0 Å². The zero-order chi connectivity index (χ0) is 13.3. The summed E-state index contributed by atoms with van der Waals surface area (Å²) in [5, 5.41) is 0.503. The highest BCUT2D eigenvalue weighted by atomic mass is 35.5. The average molecular weight is 269 g/mol. The largest absolute Gasteiger partial charge is 0.436 e. The molecule has 0 radical (unpaired) electrons. The van der Waals surface area contributed by atoms with Gasteiger partial charge in [0.1, 0.15) is 0 Å².